The monoisotopic (exact) mass is 395 g/mol. The first-order valence-electron chi connectivity index (χ1n) is 9.91. The zero-order chi connectivity index (χ0) is 20.0. The molecular formula is C21H22FN5O2. The van der Waals surface area contributed by atoms with Crippen molar-refractivity contribution >= 4 is 22.9 Å². The molecule has 8 heteroatoms. The molecular weight excluding hydrogens is 373 g/mol. The van der Waals surface area contributed by atoms with Crippen molar-refractivity contribution in [3.63, 3.8) is 0 Å². The molecule has 0 bridgehead atoms. The Bertz CT molecular complexity index is 1050. The summed E-state index contributed by atoms with van der Waals surface area (Å²) in [6.45, 7) is 1.15. The average molecular weight is 395 g/mol. The number of anilines is 1. The van der Waals surface area contributed by atoms with Crippen LogP contribution in [0, 0.1) is 11.7 Å². The first kappa shape index (κ1) is 17.9. The molecule has 29 heavy (non-hydrogen) atoms. The maximum Gasteiger partial charge on any atom is 0.407 e. The van der Waals surface area contributed by atoms with E-state index in [4.69, 9.17) is 0 Å². The Kier molecular flexibility index (Phi) is 4.34. The summed E-state index contributed by atoms with van der Waals surface area (Å²) in [5.41, 5.74) is 1.39. The molecule has 5 rings (SSSR count). The number of carboxylic acid groups (broad SMARTS) is 1. The SMILES string of the molecule is O=C(O)N1CCCC2C1C(Cc1ccccc1F)CN2c1ncnc2[nH]ccc12. The fourth-order valence-electron chi connectivity index (χ4n) is 5.09. The van der Waals surface area contributed by atoms with E-state index in [1.165, 1.54) is 12.4 Å². The van der Waals surface area contributed by atoms with Gasteiger partial charge in [0.05, 0.1) is 17.5 Å². The van der Waals surface area contributed by atoms with E-state index < -0.39 is 6.09 Å². The third-order valence-electron chi connectivity index (χ3n) is 6.26. The lowest BCUT2D eigenvalue weighted by Crippen LogP contribution is -2.53. The summed E-state index contributed by atoms with van der Waals surface area (Å²) in [7, 11) is 0. The number of nitrogens with zero attached hydrogens (tertiary/aromatic N) is 4. The number of benzene rings is 1. The van der Waals surface area contributed by atoms with Gasteiger partial charge in [0.2, 0.25) is 0 Å². The van der Waals surface area contributed by atoms with Gasteiger partial charge >= 0.3 is 6.09 Å². The highest BCUT2D eigenvalue weighted by Crippen LogP contribution is 2.40. The normalized spacial score (nSPS) is 24.1. The molecule has 2 N–H and O–H groups in total. The van der Waals surface area contributed by atoms with Gasteiger partial charge in [-0.25, -0.2) is 19.2 Å². The molecule has 1 amide bonds. The highest BCUT2D eigenvalue weighted by atomic mass is 19.1. The van der Waals surface area contributed by atoms with E-state index in [0.717, 1.165) is 29.7 Å². The van der Waals surface area contributed by atoms with Crippen molar-refractivity contribution in [2.75, 3.05) is 18.0 Å². The lowest BCUT2D eigenvalue weighted by molar-refractivity contribution is 0.0898. The molecule has 2 saturated heterocycles. The van der Waals surface area contributed by atoms with Gasteiger partial charge in [0.1, 0.15) is 23.6 Å². The molecule has 3 unspecified atom stereocenters. The molecule has 7 nitrogen and oxygen atoms in total. The third kappa shape index (κ3) is 2.99. The van der Waals surface area contributed by atoms with Crippen molar-refractivity contribution in [1.29, 1.82) is 0 Å². The van der Waals surface area contributed by atoms with E-state index in [2.05, 4.69) is 19.9 Å². The minimum Gasteiger partial charge on any atom is -0.465 e. The lowest BCUT2D eigenvalue weighted by Gasteiger charge is -2.40. The number of fused-ring (bicyclic) bond motifs is 2. The van der Waals surface area contributed by atoms with Crippen LogP contribution in [0.2, 0.25) is 0 Å². The van der Waals surface area contributed by atoms with Crippen molar-refractivity contribution in [1.82, 2.24) is 19.9 Å². The van der Waals surface area contributed by atoms with E-state index in [9.17, 15) is 14.3 Å². The molecule has 2 aliphatic heterocycles. The first-order chi connectivity index (χ1) is 14.1. The van der Waals surface area contributed by atoms with E-state index in [1.54, 1.807) is 17.0 Å². The number of nitrogens with one attached hydrogen (secondary N) is 1. The van der Waals surface area contributed by atoms with Crippen LogP contribution in [0.4, 0.5) is 15.0 Å². The smallest absolute Gasteiger partial charge is 0.407 e. The Morgan fingerprint density at radius 3 is 2.97 bits per heavy atom. The fourth-order valence-corrected chi connectivity index (χ4v) is 5.09. The van der Waals surface area contributed by atoms with Crippen molar-refractivity contribution in [2.24, 2.45) is 5.92 Å². The van der Waals surface area contributed by atoms with Gasteiger partial charge in [-0.2, -0.15) is 0 Å². The molecule has 3 aromatic rings. The van der Waals surface area contributed by atoms with Gasteiger partial charge in [0.25, 0.3) is 0 Å². The number of amides is 1. The maximum atomic E-state index is 14.3. The number of rotatable bonds is 3. The van der Waals surface area contributed by atoms with Crippen LogP contribution in [0.5, 0.6) is 0 Å². The Balaban J connectivity index is 1.55. The number of aromatic nitrogens is 3. The fraction of sp³-hybridized carbons (Fsp3) is 0.381. The van der Waals surface area contributed by atoms with Crippen LogP contribution in [0.3, 0.4) is 0 Å². The zero-order valence-corrected chi connectivity index (χ0v) is 15.8. The number of piperidine rings is 1. The van der Waals surface area contributed by atoms with Crippen LogP contribution in [0.1, 0.15) is 18.4 Å². The molecule has 0 radical (unpaired) electrons. The van der Waals surface area contributed by atoms with Crippen molar-refractivity contribution < 1.29 is 14.3 Å². The van der Waals surface area contributed by atoms with Crippen molar-refractivity contribution in [2.45, 2.75) is 31.3 Å². The minimum absolute atomic E-state index is 0.0164. The highest BCUT2D eigenvalue weighted by Gasteiger charge is 2.49. The molecule has 0 spiro atoms. The van der Waals surface area contributed by atoms with Gasteiger partial charge in [0, 0.05) is 25.2 Å². The molecule has 1 aromatic carbocycles. The molecule has 0 aliphatic carbocycles. The van der Waals surface area contributed by atoms with Crippen molar-refractivity contribution in [3.05, 3.63) is 54.2 Å². The number of hydrogen-bond donors (Lipinski definition) is 2. The van der Waals surface area contributed by atoms with Crippen LogP contribution in [0.25, 0.3) is 11.0 Å². The molecule has 2 aromatic heterocycles. The van der Waals surface area contributed by atoms with Gasteiger partial charge in [-0.15, -0.1) is 0 Å². The number of aromatic amines is 1. The molecule has 150 valence electrons. The predicted molar refractivity (Wildman–Crippen MR) is 106 cm³/mol. The van der Waals surface area contributed by atoms with E-state index in [1.807, 2.05) is 18.3 Å². The number of halogens is 1. The second-order valence-electron chi connectivity index (χ2n) is 7.82. The Labute approximate surface area is 167 Å². The predicted octanol–water partition coefficient (Wildman–Crippen LogP) is 3.29. The first-order valence-corrected chi connectivity index (χ1v) is 9.91. The van der Waals surface area contributed by atoms with Crippen LogP contribution >= 0.6 is 0 Å². The molecule has 3 atom stereocenters. The number of likely N-dealkylation sites (tertiary alicyclic amines) is 1. The lowest BCUT2D eigenvalue weighted by atomic mass is 9.87. The standard InChI is InChI=1S/C21H22FN5O2/c22-16-5-2-1-4-13(16)10-14-11-27(17-6-3-9-26(18(14)17)21(28)29)20-15-7-8-23-19(15)24-12-25-20/h1-2,4-5,7-8,12,14,17-18H,3,6,9-11H2,(H,28,29)(H,23,24,25). The number of H-pyrrole nitrogens is 1. The van der Waals surface area contributed by atoms with E-state index >= 15 is 0 Å². The molecule has 4 heterocycles. The van der Waals surface area contributed by atoms with Gasteiger partial charge in [-0.1, -0.05) is 18.2 Å². The Morgan fingerprint density at radius 2 is 2.14 bits per heavy atom. The molecule has 2 fully saturated rings. The summed E-state index contributed by atoms with van der Waals surface area (Å²) in [4.78, 5) is 27.7. The summed E-state index contributed by atoms with van der Waals surface area (Å²) in [6.07, 6.45) is 4.64. The topological polar surface area (TPSA) is 85.3 Å². The van der Waals surface area contributed by atoms with Crippen LogP contribution in [-0.4, -0.2) is 56.2 Å². The van der Waals surface area contributed by atoms with Gasteiger partial charge < -0.3 is 19.9 Å². The Morgan fingerprint density at radius 1 is 1.28 bits per heavy atom. The summed E-state index contributed by atoms with van der Waals surface area (Å²) in [5.74, 6) is 0.557. The van der Waals surface area contributed by atoms with E-state index in [0.29, 0.717) is 25.1 Å². The summed E-state index contributed by atoms with van der Waals surface area (Å²) >= 11 is 0. The second kappa shape index (κ2) is 7.02. The number of carbonyl (C=O) groups is 1. The summed E-state index contributed by atoms with van der Waals surface area (Å²) in [5, 5.41) is 10.7. The summed E-state index contributed by atoms with van der Waals surface area (Å²) < 4.78 is 14.3. The molecule has 0 saturated carbocycles. The van der Waals surface area contributed by atoms with Gasteiger partial charge in [-0.3, -0.25) is 0 Å². The number of hydrogen-bond acceptors (Lipinski definition) is 4. The zero-order valence-electron chi connectivity index (χ0n) is 15.8. The van der Waals surface area contributed by atoms with E-state index in [-0.39, 0.29) is 23.8 Å². The largest absolute Gasteiger partial charge is 0.465 e. The molecule has 2 aliphatic rings. The van der Waals surface area contributed by atoms with Crippen LogP contribution in [-0.2, 0) is 6.42 Å². The maximum absolute atomic E-state index is 14.3. The van der Waals surface area contributed by atoms with Crippen molar-refractivity contribution in [3.8, 4) is 0 Å². The van der Waals surface area contributed by atoms with Crippen LogP contribution < -0.4 is 4.90 Å². The quantitative estimate of drug-likeness (QED) is 0.711. The van der Waals surface area contributed by atoms with Crippen LogP contribution in [0.15, 0.2) is 42.9 Å². The Hall–Kier alpha value is -3.16. The summed E-state index contributed by atoms with van der Waals surface area (Å²) in [6, 6.07) is 8.53. The average Bonchev–Trinajstić information content (AvgIpc) is 3.34. The highest BCUT2D eigenvalue weighted by molar-refractivity contribution is 5.87. The van der Waals surface area contributed by atoms with Gasteiger partial charge in [-0.05, 0) is 37.0 Å². The van der Waals surface area contributed by atoms with Gasteiger partial charge in [0.15, 0.2) is 0 Å². The second-order valence-corrected chi connectivity index (χ2v) is 7.82. The minimum atomic E-state index is -0.908. The third-order valence-corrected chi connectivity index (χ3v) is 6.26.